The van der Waals surface area contributed by atoms with Crippen LogP contribution in [-0.2, 0) is 0 Å². The van der Waals surface area contributed by atoms with Gasteiger partial charge in [0.2, 0.25) is 5.95 Å². The standard InChI is InChI=1S/C20H34FN5OS/c1-28-11-8-16(22)12-24-20-25-18(14-6-9-23-10-7-14)17(19(27)26-20)13-2-4-15(21)5-3-13/h13-16,23H,2-12,22H2,1H3,(H2,24,25,26,27). The number of nitrogens with one attached hydrogen (secondary N) is 3. The van der Waals surface area contributed by atoms with Crippen LogP contribution >= 0.6 is 11.8 Å². The van der Waals surface area contributed by atoms with E-state index in [1.54, 1.807) is 11.8 Å². The molecule has 2 heterocycles. The molecular formula is C20H34FN5OS. The molecule has 28 heavy (non-hydrogen) atoms. The van der Waals surface area contributed by atoms with Crippen molar-refractivity contribution in [2.45, 2.75) is 69.0 Å². The van der Waals surface area contributed by atoms with Gasteiger partial charge in [-0.1, -0.05) is 0 Å². The first-order valence-corrected chi connectivity index (χ1v) is 11.9. The zero-order valence-electron chi connectivity index (χ0n) is 16.8. The molecule has 1 aliphatic heterocycles. The predicted molar refractivity (Wildman–Crippen MR) is 115 cm³/mol. The van der Waals surface area contributed by atoms with Gasteiger partial charge in [-0.05, 0) is 76.0 Å². The van der Waals surface area contributed by atoms with E-state index in [2.05, 4.69) is 21.9 Å². The average Bonchev–Trinajstić information content (AvgIpc) is 2.72. The Bertz CT molecular complexity index is 671. The van der Waals surface area contributed by atoms with Crippen molar-refractivity contribution < 1.29 is 4.39 Å². The van der Waals surface area contributed by atoms with Crippen molar-refractivity contribution in [3.63, 3.8) is 0 Å². The van der Waals surface area contributed by atoms with Crippen molar-refractivity contribution >= 4 is 17.7 Å². The smallest absolute Gasteiger partial charge is 0.256 e. The first kappa shape index (κ1) is 21.6. The summed E-state index contributed by atoms with van der Waals surface area (Å²) in [7, 11) is 0. The number of hydrogen-bond acceptors (Lipinski definition) is 6. The van der Waals surface area contributed by atoms with E-state index in [4.69, 9.17) is 10.7 Å². The first-order chi connectivity index (χ1) is 13.6. The van der Waals surface area contributed by atoms with Crippen LogP contribution in [0.1, 0.15) is 68.0 Å². The lowest BCUT2D eigenvalue weighted by Crippen LogP contribution is -2.33. The molecular weight excluding hydrogens is 377 g/mol. The number of nitrogens with zero attached hydrogens (tertiary/aromatic N) is 1. The van der Waals surface area contributed by atoms with E-state index in [9.17, 15) is 9.18 Å². The van der Waals surface area contributed by atoms with Gasteiger partial charge in [0.05, 0.1) is 5.69 Å². The number of thioether (sulfide) groups is 1. The van der Waals surface area contributed by atoms with Crippen molar-refractivity contribution in [3.8, 4) is 0 Å². The maximum atomic E-state index is 13.6. The minimum atomic E-state index is -0.727. The largest absolute Gasteiger partial charge is 0.354 e. The fraction of sp³-hybridized carbons (Fsp3) is 0.800. The van der Waals surface area contributed by atoms with E-state index in [-0.39, 0.29) is 23.4 Å². The van der Waals surface area contributed by atoms with Gasteiger partial charge in [-0.25, -0.2) is 9.37 Å². The van der Waals surface area contributed by atoms with E-state index < -0.39 is 6.17 Å². The van der Waals surface area contributed by atoms with E-state index in [0.717, 1.165) is 62.2 Å². The summed E-state index contributed by atoms with van der Waals surface area (Å²) in [6.07, 6.45) is 6.77. The molecule has 0 bridgehead atoms. The monoisotopic (exact) mass is 411 g/mol. The van der Waals surface area contributed by atoms with Crippen LogP contribution in [0.15, 0.2) is 4.79 Å². The third-order valence-electron chi connectivity index (χ3n) is 6.00. The number of aromatic amines is 1. The summed E-state index contributed by atoms with van der Waals surface area (Å²) in [6, 6.07) is 0.0274. The topological polar surface area (TPSA) is 95.8 Å². The summed E-state index contributed by atoms with van der Waals surface area (Å²) in [6.45, 7) is 2.47. The highest BCUT2D eigenvalue weighted by Gasteiger charge is 2.30. The number of rotatable bonds is 8. The molecule has 5 N–H and O–H groups in total. The van der Waals surface area contributed by atoms with E-state index >= 15 is 0 Å². The highest BCUT2D eigenvalue weighted by molar-refractivity contribution is 7.98. The Morgan fingerprint density at radius 1 is 1.21 bits per heavy atom. The van der Waals surface area contributed by atoms with E-state index in [1.807, 2.05) is 0 Å². The van der Waals surface area contributed by atoms with Crippen LogP contribution in [0.2, 0.25) is 0 Å². The molecule has 1 aromatic rings. The molecule has 0 radical (unpaired) electrons. The molecule has 8 heteroatoms. The van der Waals surface area contributed by atoms with Crippen LogP contribution in [0.3, 0.4) is 0 Å². The predicted octanol–water partition coefficient (Wildman–Crippen LogP) is 2.72. The summed E-state index contributed by atoms with van der Waals surface area (Å²) in [4.78, 5) is 20.8. The highest BCUT2D eigenvalue weighted by atomic mass is 32.2. The van der Waals surface area contributed by atoms with Crippen molar-refractivity contribution in [2.24, 2.45) is 5.73 Å². The van der Waals surface area contributed by atoms with Crippen molar-refractivity contribution in [1.29, 1.82) is 0 Å². The molecule has 0 amide bonds. The van der Waals surface area contributed by atoms with E-state index in [1.165, 1.54) is 0 Å². The van der Waals surface area contributed by atoms with Gasteiger partial charge in [0.1, 0.15) is 6.17 Å². The Morgan fingerprint density at radius 3 is 2.61 bits per heavy atom. The first-order valence-electron chi connectivity index (χ1n) is 10.6. The minimum absolute atomic E-state index is 0.0274. The molecule has 158 valence electrons. The molecule has 2 fully saturated rings. The summed E-state index contributed by atoms with van der Waals surface area (Å²) >= 11 is 1.78. The van der Waals surface area contributed by atoms with Gasteiger partial charge in [0.15, 0.2) is 0 Å². The molecule has 1 atom stereocenters. The quantitative estimate of drug-likeness (QED) is 0.525. The Kier molecular flexibility index (Phi) is 8.17. The SMILES string of the molecule is CSCCC(N)CNc1nc(C2CCNCC2)c(C2CCC(F)CC2)c(=O)[nH]1. The van der Waals surface area contributed by atoms with E-state index in [0.29, 0.717) is 25.3 Å². The second-order valence-corrected chi connectivity index (χ2v) is 9.09. The van der Waals surface area contributed by atoms with Crippen molar-refractivity contribution in [3.05, 3.63) is 21.6 Å². The van der Waals surface area contributed by atoms with Gasteiger partial charge < -0.3 is 16.4 Å². The Balaban J connectivity index is 1.81. The lowest BCUT2D eigenvalue weighted by molar-refractivity contribution is 0.234. The molecule has 1 aliphatic carbocycles. The molecule has 2 aliphatic rings. The number of H-pyrrole nitrogens is 1. The van der Waals surface area contributed by atoms with Crippen LogP contribution < -0.4 is 21.9 Å². The lowest BCUT2D eigenvalue weighted by Gasteiger charge is -2.29. The zero-order chi connectivity index (χ0) is 19.9. The van der Waals surface area contributed by atoms with Crippen LogP contribution in [0, 0.1) is 0 Å². The summed E-state index contributed by atoms with van der Waals surface area (Å²) in [5, 5.41) is 6.62. The normalized spacial score (nSPS) is 24.8. The van der Waals surface area contributed by atoms with Gasteiger partial charge in [-0.2, -0.15) is 11.8 Å². The maximum Gasteiger partial charge on any atom is 0.256 e. The molecule has 1 unspecified atom stereocenters. The second kappa shape index (κ2) is 10.6. The van der Waals surface area contributed by atoms with Crippen molar-refractivity contribution in [1.82, 2.24) is 15.3 Å². The average molecular weight is 412 g/mol. The molecule has 6 nitrogen and oxygen atoms in total. The highest BCUT2D eigenvalue weighted by Crippen LogP contribution is 2.37. The third kappa shape index (κ3) is 5.70. The summed E-state index contributed by atoms with van der Waals surface area (Å²) in [5.74, 6) is 1.93. The molecule has 1 saturated heterocycles. The van der Waals surface area contributed by atoms with Crippen LogP contribution in [0.25, 0.3) is 0 Å². The fourth-order valence-corrected chi connectivity index (χ4v) is 4.86. The van der Waals surface area contributed by atoms with Crippen molar-refractivity contribution in [2.75, 3.05) is 37.0 Å². The number of halogens is 1. The molecule has 1 aromatic heterocycles. The van der Waals surface area contributed by atoms with Crippen LogP contribution in [0.4, 0.5) is 10.3 Å². The van der Waals surface area contributed by atoms with Gasteiger partial charge in [0, 0.05) is 24.1 Å². The van der Waals surface area contributed by atoms with Gasteiger partial charge in [-0.3, -0.25) is 9.78 Å². The van der Waals surface area contributed by atoms with Gasteiger partial charge in [-0.15, -0.1) is 0 Å². The number of piperidine rings is 1. The molecule has 0 spiro atoms. The van der Waals surface area contributed by atoms with Crippen LogP contribution in [0.5, 0.6) is 0 Å². The fourth-order valence-electron chi connectivity index (χ4n) is 4.33. The zero-order valence-corrected chi connectivity index (χ0v) is 17.6. The molecule has 0 aromatic carbocycles. The Hall–Kier alpha value is -1.12. The number of nitrogens with two attached hydrogens (primary N) is 1. The number of hydrogen-bond donors (Lipinski definition) is 4. The molecule has 3 rings (SSSR count). The minimum Gasteiger partial charge on any atom is -0.354 e. The summed E-state index contributed by atoms with van der Waals surface area (Å²) < 4.78 is 13.6. The number of aromatic nitrogens is 2. The maximum absolute atomic E-state index is 13.6. The number of alkyl halides is 1. The van der Waals surface area contributed by atoms with Gasteiger partial charge in [0.25, 0.3) is 5.56 Å². The molecule has 1 saturated carbocycles. The van der Waals surface area contributed by atoms with Gasteiger partial charge >= 0.3 is 0 Å². The second-order valence-electron chi connectivity index (χ2n) is 8.11. The Labute approximate surface area is 171 Å². The number of anilines is 1. The summed E-state index contributed by atoms with van der Waals surface area (Å²) in [5.41, 5.74) is 7.81. The lowest BCUT2D eigenvalue weighted by atomic mass is 9.80. The third-order valence-corrected chi connectivity index (χ3v) is 6.64. The Morgan fingerprint density at radius 2 is 1.93 bits per heavy atom. The van der Waals surface area contributed by atoms with Crippen LogP contribution in [-0.4, -0.2) is 53.8 Å².